The summed E-state index contributed by atoms with van der Waals surface area (Å²) in [7, 11) is 0. The Morgan fingerprint density at radius 3 is 2.33 bits per heavy atom. The molecule has 0 aliphatic carbocycles. The zero-order valence-electron chi connectivity index (χ0n) is 19.9. The van der Waals surface area contributed by atoms with Crippen LogP contribution in [0.4, 0.5) is 17.1 Å². The van der Waals surface area contributed by atoms with Crippen LogP contribution in [0.15, 0.2) is 58.2 Å². The number of nitro benzene ring substituents is 1. The van der Waals surface area contributed by atoms with E-state index in [2.05, 4.69) is 20.4 Å². The zero-order valence-corrected chi connectivity index (χ0v) is 20.7. The number of hydrogen-bond donors (Lipinski definition) is 1. The number of benzene rings is 2. The molecule has 1 saturated heterocycles. The fourth-order valence-corrected chi connectivity index (χ4v) is 4.30. The predicted molar refractivity (Wildman–Crippen MR) is 136 cm³/mol. The van der Waals surface area contributed by atoms with E-state index in [1.54, 1.807) is 0 Å². The number of nitro groups is 1. The van der Waals surface area contributed by atoms with Gasteiger partial charge in [-0.05, 0) is 36.4 Å². The molecule has 0 unspecified atom stereocenters. The van der Waals surface area contributed by atoms with E-state index >= 15 is 0 Å². The number of thioether (sulfide) groups is 1. The number of anilines is 2. The first-order valence-electron chi connectivity index (χ1n) is 11.4. The molecule has 12 heteroatoms. The van der Waals surface area contributed by atoms with Gasteiger partial charge in [0.25, 0.3) is 10.9 Å². The lowest BCUT2D eigenvalue weighted by Gasteiger charge is -2.37. The average Bonchev–Trinajstić information content (AvgIpc) is 3.37. The average molecular weight is 511 g/mol. The highest BCUT2D eigenvalue weighted by molar-refractivity contribution is 7.99. The predicted octanol–water partition coefficient (Wildman–Crippen LogP) is 3.68. The normalized spacial score (nSPS) is 13.6. The molecule has 2 heterocycles. The summed E-state index contributed by atoms with van der Waals surface area (Å²) in [4.78, 5) is 39.0. The second kappa shape index (κ2) is 11.2. The van der Waals surface area contributed by atoms with Crippen LogP contribution in [0.25, 0.3) is 11.5 Å². The molecule has 36 heavy (non-hydrogen) atoms. The Bertz CT molecular complexity index is 1220. The van der Waals surface area contributed by atoms with Crippen LogP contribution < -0.4 is 10.2 Å². The van der Waals surface area contributed by atoms with E-state index in [4.69, 9.17) is 4.42 Å². The Kier molecular flexibility index (Phi) is 7.84. The van der Waals surface area contributed by atoms with Crippen LogP contribution in [0, 0.1) is 16.0 Å². The summed E-state index contributed by atoms with van der Waals surface area (Å²) < 4.78 is 5.55. The van der Waals surface area contributed by atoms with Gasteiger partial charge in [0.2, 0.25) is 17.7 Å². The Labute approximate surface area is 212 Å². The van der Waals surface area contributed by atoms with Crippen LogP contribution in [0.5, 0.6) is 0 Å². The molecule has 11 nitrogen and oxygen atoms in total. The van der Waals surface area contributed by atoms with Crippen molar-refractivity contribution in [3.8, 4) is 11.5 Å². The third-order valence-corrected chi connectivity index (χ3v) is 6.48. The highest BCUT2D eigenvalue weighted by Gasteiger charge is 2.23. The van der Waals surface area contributed by atoms with Crippen LogP contribution in [0.1, 0.15) is 13.8 Å². The van der Waals surface area contributed by atoms with Gasteiger partial charge in [0.15, 0.2) is 0 Å². The molecule has 4 rings (SSSR count). The number of rotatable bonds is 8. The Balaban J connectivity index is 1.24. The van der Waals surface area contributed by atoms with Crippen LogP contribution >= 0.6 is 11.8 Å². The summed E-state index contributed by atoms with van der Waals surface area (Å²) in [6.07, 6.45) is 0. The molecule has 2 aromatic carbocycles. The molecule has 2 amide bonds. The molecule has 188 valence electrons. The van der Waals surface area contributed by atoms with E-state index in [-0.39, 0.29) is 40.3 Å². The number of carbonyl (C=O) groups excluding carboxylic acids is 2. The van der Waals surface area contributed by atoms with Gasteiger partial charge in [-0.25, -0.2) is 0 Å². The molecule has 1 N–H and O–H groups in total. The van der Waals surface area contributed by atoms with E-state index < -0.39 is 4.92 Å². The lowest BCUT2D eigenvalue weighted by molar-refractivity contribution is -0.384. The van der Waals surface area contributed by atoms with Crippen molar-refractivity contribution in [1.29, 1.82) is 0 Å². The first-order valence-corrected chi connectivity index (χ1v) is 12.4. The van der Waals surface area contributed by atoms with Crippen molar-refractivity contribution in [3.63, 3.8) is 0 Å². The maximum atomic E-state index is 12.4. The van der Waals surface area contributed by atoms with Crippen molar-refractivity contribution in [2.24, 2.45) is 5.92 Å². The summed E-state index contributed by atoms with van der Waals surface area (Å²) in [5, 5.41) is 21.7. The van der Waals surface area contributed by atoms with E-state index in [1.807, 2.05) is 43.0 Å². The number of non-ortho nitro benzene ring substituents is 1. The van der Waals surface area contributed by atoms with Gasteiger partial charge in [0.05, 0.1) is 10.7 Å². The van der Waals surface area contributed by atoms with Crippen molar-refractivity contribution in [2.45, 2.75) is 19.1 Å². The first-order chi connectivity index (χ1) is 17.3. The van der Waals surface area contributed by atoms with E-state index in [1.165, 1.54) is 24.3 Å². The van der Waals surface area contributed by atoms with Crippen molar-refractivity contribution in [2.75, 3.05) is 42.1 Å². The minimum absolute atomic E-state index is 0.00883. The van der Waals surface area contributed by atoms with Gasteiger partial charge >= 0.3 is 0 Å². The molecule has 0 bridgehead atoms. The molecule has 1 aliphatic heterocycles. The fraction of sp³-hybridized carbons (Fsp3) is 0.333. The Morgan fingerprint density at radius 1 is 1.06 bits per heavy atom. The number of nitrogens with one attached hydrogen (secondary N) is 1. The van der Waals surface area contributed by atoms with Gasteiger partial charge < -0.3 is 19.5 Å². The zero-order chi connectivity index (χ0) is 25.7. The second-order valence-corrected chi connectivity index (χ2v) is 9.45. The standard InChI is InChI=1S/C24H26N6O5S/c1-16(2)23(32)29-13-11-28(12-14-29)19-9-5-18(6-10-19)25-21(31)15-36-24-27-26-22(35-24)17-3-7-20(8-4-17)30(33)34/h3-10,16H,11-15H2,1-2H3,(H,25,31). The minimum atomic E-state index is -0.483. The molecule has 1 fully saturated rings. The molecule has 0 saturated carbocycles. The first kappa shape index (κ1) is 25.2. The van der Waals surface area contributed by atoms with Crippen molar-refractivity contribution < 1.29 is 18.9 Å². The minimum Gasteiger partial charge on any atom is -0.411 e. The highest BCUT2D eigenvalue weighted by atomic mass is 32.2. The maximum Gasteiger partial charge on any atom is 0.277 e. The van der Waals surface area contributed by atoms with Crippen LogP contribution in [0.2, 0.25) is 0 Å². The Hall–Kier alpha value is -3.93. The smallest absolute Gasteiger partial charge is 0.277 e. The monoisotopic (exact) mass is 510 g/mol. The lowest BCUT2D eigenvalue weighted by Crippen LogP contribution is -2.49. The van der Waals surface area contributed by atoms with E-state index in [0.717, 1.165) is 30.5 Å². The quantitative estimate of drug-likeness (QED) is 0.273. The number of nitrogens with zero attached hydrogens (tertiary/aromatic N) is 5. The SMILES string of the molecule is CC(C)C(=O)N1CCN(c2ccc(NC(=O)CSc3nnc(-c4ccc([N+](=O)[O-])cc4)o3)cc2)CC1. The van der Waals surface area contributed by atoms with Gasteiger partial charge in [0.1, 0.15) is 0 Å². The van der Waals surface area contributed by atoms with Crippen molar-refractivity contribution in [1.82, 2.24) is 15.1 Å². The number of amides is 2. The Morgan fingerprint density at radius 2 is 1.72 bits per heavy atom. The third-order valence-electron chi connectivity index (χ3n) is 5.66. The molecule has 0 radical (unpaired) electrons. The van der Waals surface area contributed by atoms with E-state index in [9.17, 15) is 19.7 Å². The second-order valence-electron chi connectivity index (χ2n) is 8.53. The summed E-state index contributed by atoms with van der Waals surface area (Å²) >= 11 is 1.10. The van der Waals surface area contributed by atoms with Gasteiger partial charge in [-0.1, -0.05) is 25.6 Å². The largest absolute Gasteiger partial charge is 0.411 e. The summed E-state index contributed by atoms with van der Waals surface area (Å²) in [6, 6.07) is 13.4. The maximum absolute atomic E-state index is 12.4. The number of piperazine rings is 1. The highest BCUT2D eigenvalue weighted by Crippen LogP contribution is 2.25. The van der Waals surface area contributed by atoms with Gasteiger partial charge in [0, 0.05) is 61.2 Å². The number of hydrogen-bond acceptors (Lipinski definition) is 9. The summed E-state index contributed by atoms with van der Waals surface area (Å²) in [5.74, 6) is 0.278. The van der Waals surface area contributed by atoms with Gasteiger partial charge in [-0.2, -0.15) is 0 Å². The molecule has 3 aromatic rings. The molecule has 1 aromatic heterocycles. The van der Waals surface area contributed by atoms with E-state index in [0.29, 0.717) is 24.3 Å². The van der Waals surface area contributed by atoms with Crippen molar-refractivity contribution in [3.05, 3.63) is 58.6 Å². The van der Waals surface area contributed by atoms with Gasteiger partial charge in [-0.3, -0.25) is 19.7 Å². The lowest BCUT2D eigenvalue weighted by atomic mass is 10.1. The third kappa shape index (κ3) is 6.19. The molecular formula is C24H26N6O5S. The molecule has 0 spiro atoms. The molecule has 1 aliphatic rings. The summed E-state index contributed by atoms with van der Waals surface area (Å²) in [6.45, 7) is 6.78. The fourth-order valence-electron chi connectivity index (χ4n) is 3.74. The van der Waals surface area contributed by atoms with Crippen LogP contribution in [-0.4, -0.2) is 63.8 Å². The number of carbonyl (C=O) groups is 2. The molecular weight excluding hydrogens is 484 g/mol. The van der Waals surface area contributed by atoms with Gasteiger partial charge in [-0.15, -0.1) is 10.2 Å². The van der Waals surface area contributed by atoms with Crippen LogP contribution in [-0.2, 0) is 9.59 Å². The molecule has 0 atom stereocenters. The summed E-state index contributed by atoms with van der Waals surface area (Å²) in [5.41, 5.74) is 2.24. The topological polar surface area (TPSA) is 135 Å². The van der Waals surface area contributed by atoms with Crippen molar-refractivity contribution >= 4 is 40.6 Å². The number of aromatic nitrogens is 2. The van der Waals surface area contributed by atoms with Crippen LogP contribution in [0.3, 0.4) is 0 Å².